The molecule has 1 N–H and O–H groups in total. The average molecular weight is 271 g/mol. The molecule has 1 unspecified atom stereocenters. The summed E-state index contributed by atoms with van der Waals surface area (Å²) in [4.78, 5) is 0. The molecule has 1 aromatic heterocycles. The van der Waals surface area contributed by atoms with Crippen LogP contribution in [0.25, 0.3) is 0 Å². The van der Waals surface area contributed by atoms with E-state index >= 15 is 0 Å². The topological polar surface area (TPSA) is 39.1 Å². The number of rotatable bonds is 6. The summed E-state index contributed by atoms with van der Waals surface area (Å²) in [5, 5.41) is 7.88. The third-order valence-corrected chi connectivity index (χ3v) is 3.56. The molecule has 1 aliphatic rings. The summed E-state index contributed by atoms with van der Waals surface area (Å²) in [6.45, 7) is 2.81. The Kier molecular flexibility index (Phi) is 3.74. The fraction of sp³-hybridized carbons (Fsp3) is 0.438. The van der Waals surface area contributed by atoms with Crippen molar-refractivity contribution >= 4 is 0 Å². The number of aromatic nitrogens is 2. The van der Waals surface area contributed by atoms with Gasteiger partial charge in [-0.3, -0.25) is 0 Å². The number of benzene rings is 1. The Morgan fingerprint density at radius 1 is 1.35 bits per heavy atom. The molecule has 106 valence electrons. The molecule has 1 heterocycles. The first-order valence-electron chi connectivity index (χ1n) is 7.18. The largest absolute Gasteiger partial charge is 0.468 e. The predicted octanol–water partition coefficient (Wildman–Crippen LogP) is 2.60. The summed E-state index contributed by atoms with van der Waals surface area (Å²) >= 11 is 0. The Balaban J connectivity index is 1.75. The van der Waals surface area contributed by atoms with Gasteiger partial charge in [0, 0.05) is 25.7 Å². The molecule has 0 radical (unpaired) electrons. The second kappa shape index (κ2) is 5.67. The van der Waals surface area contributed by atoms with E-state index in [1.165, 1.54) is 18.4 Å². The van der Waals surface area contributed by atoms with E-state index in [1.807, 2.05) is 26.1 Å². The highest BCUT2D eigenvalue weighted by atomic mass is 16.5. The van der Waals surface area contributed by atoms with E-state index < -0.39 is 0 Å². The van der Waals surface area contributed by atoms with Crippen molar-refractivity contribution in [2.45, 2.75) is 31.9 Å². The molecule has 1 aromatic carbocycles. The average Bonchev–Trinajstić information content (AvgIpc) is 3.21. The van der Waals surface area contributed by atoms with Crippen molar-refractivity contribution in [2.75, 3.05) is 6.54 Å². The molecule has 4 heteroatoms. The Morgan fingerprint density at radius 3 is 2.70 bits per heavy atom. The first-order valence-corrected chi connectivity index (χ1v) is 7.18. The Bertz CT molecular complexity index is 560. The van der Waals surface area contributed by atoms with Gasteiger partial charge >= 0.3 is 0 Å². The van der Waals surface area contributed by atoms with Crippen LogP contribution in [0.5, 0.6) is 5.88 Å². The van der Waals surface area contributed by atoms with E-state index in [0.717, 1.165) is 18.1 Å². The highest BCUT2D eigenvalue weighted by Gasteiger charge is 2.23. The van der Waals surface area contributed by atoms with Gasteiger partial charge in [0.15, 0.2) is 0 Å². The third-order valence-electron chi connectivity index (χ3n) is 3.56. The van der Waals surface area contributed by atoms with Gasteiger partial charge in [-0.1, -0.05) is 30.3 Å². The van der Waals surface area contributed by atoms with Gasteiger partial charge in [0.2, 0.25) is 5.88 Å². The van der Waals surface area contributed by atoms with Gasteiger partial charge < -0.3 is 10.1 Å². The highest BCUT2D eigenvalue weighted by Crippen LogP contribution is 2.24. The number of ether oxygens (including phenoxy) is 1. The maximum Gasteiger partial charge on any atom is 0.212 e. The maximum atomic E-state index is 6.17. The number of nitrogens with one attached hydrogen (secondary N) is 1. The van der Waals surface area contributed by atoms with Crippen LogP contribution in [0.15, 0.2) is 36.4 Å². The fourth-order valence-electron chi connectivity index (χ4n) is 2.30. The molecule has 1 fully saturated rings. The zero-order valence-corrected chi connectivity index (χ0v) is 12.0. The molecule has 0 amide bonds. The first kappa shape index (κ1) is 13.2. The van der Waals surface area contributed by atoms with Gasteiger partial charge in [0.1, 0.15) is 6.10 Å². The molecule has 0 spiro atoms. The molecule has 0 aliphatic heterocycles. The fourth-order valence-corrected chi connectivity index (χ4v) is 2.30. The lowest BCUT2D eigenvalue weighted by Gasteiger charge is -2.20. The van der Waals surface area contributed by atoms with Crippen LogP contribution in [-0.4, -0.2) is 22.4 Å². The molecular weight excluding hydrogens is 250 g/mol. The first-order chi connectivity index (χ1) is 9.72. The van der Waals surface area contributed by atoms with Crippen molar-refractivity contribution in [1.82, 2.24) is 15.1 Å². The molecule has 1 atom stereocenters. The van der Waals surface area contributed by atoms with Gasteiger partial charge in [-0.15, -0.1) is 0 Å². The van der Waals surface area contributed by atoms with Gasteiger partial charge in [-0.2, -0.15) is 5.10 Å². The molecule has 4 nitrogen and oxygen atoms in total. The van der Waals surface area contributed by atoms with Crippen molar-refractivity contribution in [3.05, 3.63) is 47.7 Å². The van der Waals surface area contributed by atoms with Crippen LogP contribution in [0.2, 0.25) is 0 Å². The minimum atomic E-state index is 0.0200. The maximum absolute atomic E-state index is 6.17. The molecule has 1 aliphatic carbocycles. The Labute approximate surface area is 119 Å². The van der Waals surface area contributed by atoms with Crippen LogP contribution >= 0.6 is 0 Å². The van der Waals surface area contributed by atoms with Gasteiger partial charge in [0.25, 0.3) is 0 Å². The summed E-state index contributed by atoms with van der Waals surface area (Å²) < 4.78 is 7.96. The SMILES string of the molecule is Cc1cc(OC(CNC2CC2)c2ccccc2)n(C)n1. The third kappa shape index (κ3) is 3.20. The van der Waals surface area contributed by atoms with Crippen molar-refractivity contribution in [3.63, 3.8) is 0 Å². The quantitative estimate of drug-likeness (QED) is 0.877. The summed E-state index contributed by atoms with van der Waals surface area (Å²) in [6, 6.07) is 13.0. The van der Waals surface area contributed by atoms with E-state index in [9.17, 15) is 0 Å². The number of aryl methyl sites for hydroxylation is 2. The van der Waals surface area contributed by atoms with E-state index in [0.29, 0.717) is 6.04 Å². The van der Waals surface area contributed by atoms with Crippen LogP contribution in [0.3, 0.4) is 0 Å². The number of hydrogen-bond donors (Lipinski definition) is 1. The van der Waals surface area contributed by atoms with Crippen LogP contribution in [0, 0.1) is 6.92 Å². The molecule has 0 bridgehead atoms. The summed E-state index contributed by atoms with van der Waals surface area (Å²) in [6.07, 6.45) is 2.59. The van der Waals surface area contributed by atoms with Gasteiger partial charge in [-0.05, 0) is 25.3 Å². The second-order valence-corrected chi connectivity index (χ2v) is 5.45. The van der Waals surface area contributed by atoms with Crippen molar-refractivity contribution in [1.29, 1.82) is 0 Å². The van der Waals surface area contributed by atoms with Crippen LogP contribution in [-0.2, 0) is 7.05 Å². The smallest absolute Gasteiger partial charge is 0.212 e. The van der Waals surface area contributed by atoms with E-state index in [2.05, 4.69) is 34.7 Å². The van der Waals surface area contributed by atoms with Crippen LogP contribution < -0.4 is 10.1 Å². The highest BCUT2D eigenvalue weighted by molar-refractivity contribution is 5.21. The molecule has 1 saturated carbocycles. The molecule has 0 saturated heterocycles. The Morgan fingerprint density at radius 2 is 2.10 bits per heavy atom. The van der Waals surface area contributed by atoms with Crippen molar-refractivity contribution in [2.24, 2.45) is 7.05 Å². The normalized spacial score (nSPS) is 16.1. The lowest BCUT2D eigenvalue weighted by molar-refractivity contribution is 0.184. The Hall–Kier alpha value is -1.81. The zero-order chi connectivity index (χ0) is 13.9. The van der Waals surface area contributed by atoms with Crippen LogP contribution in [0.4, 0.5) is 0 Å². The zero-order valence-electron chi connectivity index (χ0n) is 12.0. The minimum Gasteiger partial charge on any atom is -0.468 e. The molecule has 20 heavy (non-hydrogen) atoms. The predicted molar refractivity (Wildman–Crippen MR) is 78.8 cm³/mol. The monoisotopic (exact) mass is 271 g/mol. The van der Waals surface area contributed by atoms with E-state index in [1.54, 1.807) is 4.68 Å². The van der Waals surface area contributed by atoms with Gasteiger partial charge in [-0.25, -0.2) is 4.68 Å². The summed E-state index contributed by atoms with van der Waals surface area (Å²) in [5.74, 6) is 0.814. The number of hydrogen-bond acceptors (Lipinski definition) is 3. The van der Waals surface area contributed by atoms with E-state index in [-0.39, 0.29) is 6.10 Å². The lowest BCUT2D eigenvalue weighted by Crippen LogP contribution is -2.27. The number of nitrogens with zero attached hydrogens (tertiary/aromatic N) is 2. The summed E-state index contributed by atoms with van der Waals surface area (Å²) in [5.41, 5.74) is 2.17. The summed E-state index contributed by atoms with van der Waals surface area (Å²) in [7, 11) is 1.92. The van der Waals surface area contributed by atoms with Crippen molar-refractivity contribution in [3.8, 4) is 5.88 Å². The standard InChI is InChI=1S/C16H21N3O/c1-12-10-16(19(2)18-12)20-15(11-17-14-8-9-14)13-6-4-3-5-7-13/h3-7,10,14-15,17H,8-9,11H2,1-2H3. The van der Waals surface area contributed by atoms with Gasteiger partial charge in [0.05, 0.1) is 5.69 Å². The van der Waals surface area contributed by atoms with E-state index in [4.69, 9.17) is 4.74 Å². The molecule has 3 rings (SSSR count). The second-order valence-electron chi connectivity index (χ2n) is 5.45. The van der Waals surface area contributed by atoms with Crippen molar-refractivity contribution < 1.29 is 4.74 Å². The molecule has 2 aromatic rings. The minimum absolute atomic E-state index is 0.0200. The molecular formula is C16H21N3O. The lowest BCUT2D eigenvalue weighted by atomic mass is 10.1. The van der Waals surface area contributed by atoms with Crippen LogP contribution in [0.1, 0.15) is 30.2 Å².